The summed E-state index contributed by atoms with van der Waals surface area (Å²) in [6.07, 6.45) is 26.6. The molecule has 0 N–H and O–H groups in total. The van der Waals surface area contributed by atoms with Gasteiger partial charge >= 0.3 is 0 Å². The van der Waals surface area contributed by atoms with Gasteiger partial charge in [0, 0.05) is 5.57 Å². The fraction of sp³-hybridized carbons (Fsp3) is 0.767. The third-order valence-electron chi connectivity index (χ3n) is 9.34. The maximum atomic E-state index is 4.05. The van der Waals surface area contributed by atoms with Crippen LogP contribution in [0.1, 0.15) is 123 Å². The van der Waals surface area contributed by atoms with Crippen LogP contribution in [-0.2, 0) is 0 Å². The van der Waals surface area contributed by atoms with E-state index in [4.69, 9.17) is 0 Å². The van der Waals surface area contributed by atoms with Crippen molar-refractivity contribution in [1.29, 1.82) is 0 Å². The van der Waals surface area contributed by atoms with Gasteiger partial charge in [-0.3, -0.25) is 0 Å². The van der Waals surface area contributed by atoms with Crippen molar-refractivity contribution >= 4 is 0 Å². The molecule has 0 radical (unpaired) electrons. The van der Waals surface area contributed by atoms with Crippen molar-refractivity contribution in [2.75, 3.05) is 0 Å². The Labute approximate surface area is 186 Å². The maximum absolute atomic E-state index is 4.05. The predicted molar refractivity (Wildman–Crippen MR) is 128 cm³/mol. The summed E-state index contributed by atoms with van der Waals surface area (Å²) in [7, 11) is 0. The summed E-state index contributed by atoms with van der Waals surface area (Å²) in [6, 6.07) is 0. The number of allylic oxidation sites excluding steroid dienone is 5. The number of rotatable bonds is 8. The molecule has 0 spiro atoms. The average Bonchev–Trinajstić information content (AvgIpc) is 3.11. The Morgan fingerprint density at radius 2 is 1.70 bits per heavy atom. The van der Waals surface area contributed by atoms with E-state index in [9.17, 15) is 0 Å². The third-order valence-corrected chi connectivity index (χ3v) is 9.34. The average molecular weight is 405 g/mol. The first-order valence-corrected chi connectivity index (χ1v) is 13.6. The molecule has 3 saturated carbocycles. The van der Waals surface area contributed by atoms with Crippen molar-refractivity contribution in [2.45, 2.75) is 123 Å². The lowest BCUT2D eigenvalue weighted by Crippen LogP contribution is -2.18. The topological polar surface area (TPSA) is 0 Å². The van der Waals surface area contributed by atoms with Gasteiger partial charge in [0.1, 0.15) is 0 Å². The third kappa shape index (κ3) is 4.60. The Morgan fingerprint density at radius 1 is 0.933 bits per heavy atom. The van der Waals surface area contributed by atoms with E-state index >= 15 is 0 Å². The van der Waals surface area contributed by atoms with Crippen LogP contribution in [0.5, 0.6) is 0 Å². The Kier molecular flexibility index (Phi) is 6.17. The lowest BCUT2D eigenvalue weighted by molar-refractivity contribution is 0.332. The molecule has 30 heavy (non-hydrogen) atoms. The molecule has 0 bridgehead atoms. The summed E-state index contributed by atoms with van der Waals surface area (Å²) < 4.78 is 0. The van der Waals surface area contributed by atoms with E-state index in [1.807, 2.05) is 0 Å². The fourth-order valence-corrected chi connectivity index (χ4v) is 7.17. The number of hydrogen-bond acceptors (Lipinski definition) is 0. The highest BCUT2D eigenvalue weighted by atomic mass is 14.4. The van der Waals surface area contributed by atoms with Crippen molar-refractivity contribution in [2.24, 2.45) is 23.2 Å². The lowest BCUT2D eigenvalue weighted by Gasteiger charge is -2.34. The van der Waals surface area contributed by atoms with Gasteiger partial charge in [-0.2, -0.15) is 0 Å². The summed E-state index contributed by atoms with van der Waals surface area (Å²) in [5, 5.41) is 0. The smallest absolute Gasteiger partial charge is 0.00145 e. The minimum Gasteiger partial charge on any atom is -0.118 e. The molecule has 0 amide bonds. The highest BCUT2D eigenvalue weighted by molar-refractivity contribution is 5.62. The van der Waals surface area contributed by atoms with Crippen LogP contribution in [0.15, 0.2) is 39.7 Å². The molecule has 0 heteroatoms. The first-order chi connectivity index (χ1) is 14.6. The largest absolute Gasteiger partial charge is 0.118 e. The SMILES string of the molecule is CCC1CC1CC1=C=C(C2=CC(CC3CCCC3)=C2CC2(C)CCCC2)CCCC1. The van der Waals surface area contributed by atoms with Crippen LogP contribution >= 0.6 is 0 Å². The van der Waals surface area contributed by atoms with Crippen LogP contribution < -0.4 is 0 Å². The normalized spacial score (nSPS) is 31.2. The minimum absolute atomic E-state index is 0.565. The summed E-state index contributed by atoms with van der Waals surface area (Å²) >= 11 is 0. The molecule has 0 heterocycles. The summed E-state index contributed by atoms with van der Waals surface area (Å²) in [6.45, 7) is 4.95. The van der Waals surface area contributed by atoms with Gasteiger partial charge in [0.25, 0.3) is 0 Å². The molecule has 0 aromatic rings. The van der Waals surface area contributed by atoms with Crippen LogP contribution in [0.3, 0.4) is 0 Å². The summed E-state index contributed by atoms with van der Waals surface area (Å²) in [5.41, 5.74) is 13.1. The standard InChI is InChI=1S/C30H44/c1-3-24-19-26(24)18-23-12-6-7-13-25(17-23)28-20-27(16-22-10-4-5-11-22)29(28)21-30(2)14-8-9-15-30/h20,22,24,26H,3-16,18-19,21H2,1-2H3. The van der Waals surface area contributed by atoms with Crippen LogP contribution in [0.2, 0.25) is 0 Å². The zero-order valence-corrected chi connectivity index (χ0v) is 19.8. The molecule has 0 aromatic carbocycles. The lowest BCUT2D eigenvalue weighted by atomic mass is 9.71. The van der Waals surface area contributed by atoms with Gasteiger partial charge < -0.3 is 0 Å². The van der Waals surface area contributed by atoms with Crippen LogP contribution in [-0.4, -0.2) is 0 Å². The van der Waals surface area contributed by atoms with Crippen molar-refractivity contribution in [3.63, 3.8) is 0 Å². The van der Waals surface area contributed by atoms with E-state index in [0.717, 1.165) is 17.8 Å². The van der Waals surface area contributed by atoms with E-state index in [1.54, 1.807) is 27.9 Å². The van der Waals surface area contributed by atoms with E-state index in [-0.39, 0.29) is 0 Å². The second-order valence-electron chi connectivity index (χ2n) is 11.9. The molecular weight excluding hydrogens is 360 g/mol. The van der Waals surface area contributed by atoms with E-state index in [1.165, 1.54) is 109 Å². The van der Waals surface area contributed by atoms with E-state index in [2.05, 4.69) is 25.7 Å². The highest BCUT2D eigenvalue weighted by Crippen LogP contribution is 2.51. The molecule has 2 atom stereocenters. The molecule has 0 saturated heterocycles. The molecule has 5 rings (SSSR count). The highest BCUT2D eigenvalue weighted by Gasteiger charge is 2.37. The predicted octanol–water partition coefficient (Wildman–Crippen LogP) is 9.24. The second-order valence-corrected chi connectivity index (χ2v) is 11.9. The zero-order valence-electron chi connectivity index (χ0n) is 19.8. The van der Waals surface area contributed by atoms with Gasteiger partial charge in [-0.15, -0.1) is 5.73 Å². The Bertz CT molecular complexity index is 769. The molecule has 2 unspecified atom stereocenters. The molecule has 5 aliphatic carbocycles. The molecule has 0 aromatic heterocycles. The van der Waals surface area contributed by atoms with Gasteiger partial charge in [0.2, 0.25) is 0 Å². The maximum Gasteiger partial charge on any atom is 0.00145 e. The first kappa shape index (κ1) is 20.9. The van der Waals surface area contributed by atoms with Crippen molar-refractivity contribution < 1.29 is 0 Å². The van der Waals surface area contributed by atoms with Crippen LogP contribution in [0.25, 0.3) is 0 Å². The summed E-state index contributed by atoms with van der Waals surface area (Å²) in [4.78, 5) is 0. The molecule has 5 aliphatic rings. The van der Waals surface area contributed by atoms with Gasteiger partial charge in [0.15, 0.2) is 0 Å². The first-order valence-electron chi connectivity index (χ1n) is 13.6. The second kappa shape index (κ2) is 8.86. The van der Waals surface area contributed by atoms with Crippen LogP contribution in [0.4, 0.5) is 0 Å². The van der Waals surface area contributed by atoms with E-state index in [0.29, 0.717) is 5.41 Å². The Hall–Kier alpha value is -1.00. The minimum atomic E-state index is 0.565. The van der Waals surface area contributed by atoms with E-state index < -0.39 is 0 Å². The van der Waals surface area contributed by atoms with Crippen molar-refractivity contribution in [3.8, 4) is 0 Å². The summed E-state index contributed by atoms with van der Waals surface area (Å²) in [5.74, 6) is 2.97. The Morgan fingerprint density at radius 3 is 2.43 bits per heavy atom. The fourth-order valence-electron chi connectivity index (χ4n) is 7.17. The molecule has 164 valence electrons. The quantitative estimate of drug-likeness (QED) is 0.354. The molecular formula is C30H44. The van der Waals surface area contributed by atoms with Gasteiger partial charge in [-0.25, -0.2) is 0 Å². The van der Waals surface area contributed by atoms with Crippen molar-refractivity contribution in [1.82, 2.24) is 0 Å². The molecule has 0 nitrogen and oxygen atoms in total. The van der Waals surface area contributed by atoms with Gasteiger partial charge in [0.05, 0.1) is 0 Å². The van der Waals surface area contributed by atoms with Gasteiger partial charge in [-0.1, -0.05) is 64.9 Å². The monoisotopic (exact) mass is 404 g/mol. The Balaban J connectivity index is 1.37. The number of hydrogen-bond donors (Lipinski definition) is 0. The van der Waals surface area contributed by atoms with Crippen LogP contribution in [0, 0.1) is 23.2 Å². The molecule has 0 aliphatic heterocycles. The zero-order chi connectivity index (χ0) is 20.6. The molecule has 3 fully saturated rings. The van der Waals surface area contributed by atoms with Gasteiger partial charge in [-0.05, 0) is 110 Å². The van der Waals surface area contributed by atoms with Crippen molar-refractivity contribution in [3.05, 3.63) is 39.7 Å².